The lowest BCUT2D eigenvalue weighted by atomic mass is 10.0. The molecule has 0 spiro atoms. The summed E-state index contributed by atoms with van der Waals surface area (Å²) in [6, 6.07) is 0. The minimum Gasteiger partial charge on any atom is -0.479 e. The van der Waals surface area contributed by atoms with Crippen molar-refractivity contribution < 1.29 is 34.0 Å². The highest BCUT2D eigenvalue weighted by molar-refractivity contribution is 5.73. The summed E-state index contributed by atoms with van der Waals surface area (Å²) < 4.78 is 14.5. The molecule has 0 unspecified atom stereocenters. The molecule has 2 N–H and O–H groups in total. The van der Waals surface area contributed by atoms with Crippen LogP contribution in [0.5, 0.6) is 0 Å². The van der Waals surface area contributed by atoms with Crippen molar-refractivity contribution in [2.45, 2.75) is 24.4 Å². The van der Waals surface area contributed by atoms with Crippen LogP contribution in [0.1, 0.15) is 0 Å². The van der Waals surface area contributed by atoms with Crippen molar-refractivity contribution in [3.05, 3.63) is 0 Å². The number of carbonyl (C=O) groups excluding carboxylic acids is 1. The summed E-state index contributed by atoms with van der Waals surface area (Å²) in [6.07, 6.45) is -4.55. The molecule has 0 amide bonds. The molecule has 0 aliphatic carbocycles. The largest absolute Gasteiger partial charge is 0.479 e. The molecular weight excluding hydrogens is 220 g/mol. The summed E-state index contributed by atoms with van der Waals surface area (Å²) in [4.78, 5) is 21.3. The van der Waals surface area contributed by atoms with Crippen molar-refractivity contribution in [1.29, 1.82) is 0 Å². The molecule has 0 bridgehead atoms. The van der Waals surface area contributed by atoms with E-state index in [0.29, 0.717) is 6.29 Å². The van der Waals surface area contributed by atoms with E-state index in [2.05, 4.69) is 0 Å². The van der Waals surface area contributed by atoms with Gasteiger partial charge in [-0.25, -0.2) is 4.79 Å². The van der Waals surface area contributed by atoms with Gasteiger partial charge in [-0.05, 0) is 0 Å². The lowest BCUT2D eigenvalue weighted by Crippen LogP contribution is -2.50. The first-order valence-corrected chi connectivity index (χ1v) is 4.48. The average molecular weight is 236 g/mol. The molecule has 0 radical (unpaired) electrons. The molecule has 0 aromatic rings. The van der Waals surface area contributed by atoms with Crippen LogP contribution in [0.15, 0.2) is 0 Å². The monoisotopic (exact) mass is 236 g/mol. The molecule has 16 heavy (non-hydrogen) atoms. The van der Waals surface area contributed by atoms with Gasteiger partial charge < -0.3 is 29.2 Å². The Morgan fingerprint density at radius 1 is 1.12 bits per heavy atom. The number of hydrogen-bond acceptors (Lipinski definition) is 6. The smallest absolute Gasteiger partial charge is 0.335 e. The molecule has 0 heterocycles. The van der Waals surface area contributed by atoms with Crippen molar-refractivity contribution in [2.24, 2.45) is 0 Å². The Kier molecular flexibility index (Phi) is 6.82. The van der Waals surface area contributed by atoms with Gasteiger partial charge in [0.1, 0.15) is 18.3 Å². The van der Waals surface area contributed by atoms with Gasteiger partial charge in [-0.3, -0.25) is 0 Å². The van der Waals surface area contributed by atoms with Crippen LogP contribution in [0, 0.1) is 0 Å². The number of hydrogen-bond donors (Lipinski definition) is 2. The van der Waals surface area contributed by atoms with Gasteiger partial charge in [0.25, 0.3) is 0 Å². The third kappa shape index (κ3) is 3.53. The Morgan fingerprint density at radius 3 is 1.88 bits per heavy atom. The highest BCUT2D eigenvalue weighted by atomic mass is 16.6. The van der Waals surface area contributed by atoms with Gasteiger partial charge >= 0.3 is 5.97 Å². The van der Waals surface area contributed by atoms with E-state index in [4.69, 9.17) is 19.3 Å². The second kappa shape index (κ2) is 7.29. The molecule has 0 aromatic heterocycles. The van der Waals surface area contributed by atoms with E-state index in [1.165, 1.54) is 21.3 Å². The van der Waals surface area contributed by atoms with Crippen molar-refractivity contribution in [2.75, 3.05) is 21.3 Å². The normalized spacial score (nSPS) is 18.5. The minimum atomic E-state index is -1.80. The first-order valence-electron chi connectivity index (χ1n) is 4.48. The topological polar surface area (TPSA) is 102 Å². The highest BCUT2D eigenvalue weighted by Crippen LogP contribution is 2.13. The Balaban J connectivity index is 4.86. The van der Waals surface area contributed by atoms with Crippen molar-refractivity contribution in [3.63, 3.8) is 0 Å². The number of aliphatic hydroxyl groups is 1. The lowest BCUT2D eigenvalue weighted by molar-refractivity contribution is -0.173. The second-order valence-electron chi connectivity index (χ2n) is 3.02. The fraction of sp³-hybridized carbons (Fsp3) is 0.778. The summed E-state index contributed by atoms with van der Waals surface area (Å²) >= 11 is 0. The number of rotatable bonds is 8. The van der Waals surface area contributed by atoms with E-state index in [9.17, 15) is 14.7 Å². The van der Waals surface area contributed by atoms with E-state index >= 15 is 0 Å². The summed E-state index contributed by atoms with van der Waals surface area (Å²) in [5.74, 6) is -1.46. The third-order valence-electron chi connectivity index (χ3n) is 2.16. The van der Waals surface area contributed by atoms with Gasteiger partial charge in [-0.15, -0.1) is 0 Å². The van der Waals surface area contributed by atoms with Crippen molar-refractivity contribution >= 4 is 12.3 Å². The standard InChI is InChI=1S/C9H16O7/c1-14-5(4-10)7(15-2)8(16-3)6(11)9(12)13/h4-8,11H,1-3H3,(H,12,13)/t5-,6-,7-,8+/m0/s1. The molecule has 0 saturated carbocycles. The van der Waals surface area contributed by atoms with E-state index in [-0.39, 0.29) is 0 Å². The zero-order chi connectivity index (χ0) is 12.7. The highest BCUT2D eigenvalue weighted by Gasteiger charge is 2.38. The van der Waals surface area contributed by atoms with Gasteiger partial charge in [-0.2, -0.15) is 0 Å². The number of carbonyl (C=O) groups is 2. The fourth-order valence-electron chi connectivity index (χ4n) is 1.31. The summed E-state index contributed by atoms with van der Waals surface area (Å²) in [7, 11) is 3.74. The first-order chi connectivity index (χ1) is 7.53. The molecule has 0 aliphatic heterocycles. The summed E-state index contributed by atoms with van der Waals surface area (Å²) in [5.41, 5.74) is 0. The number of aliphatic hydroxyl groups excluding tert-OH is 1. The molecule has 0 fully saturated rings. The van der Waals surface area contributed by atoms with Crippen LogP contribution in [0.25, 0.3) is 0 Å². The number of aliphatic carboxylic acids is 1. The number of carboxylic acid groups (broad SMARTS) is 1. The van der Waals surface area contributed by atoms with Crippen LogP contribution in [-0.4, -0.2) is 68.2 Å². The molecule has 0 aromatic carbocycles. The van der Waals surface area contributed by atoms with E-state index < -0.39 is 30.4 Å². The fourth-order valence-corrected chi connectivity index (χ4v) is 1.31. The summed E-state index contributed by atoms with van der Waals surface area (Å²) in [6.45, 7) is 0. The SMILES string of the molecule is CO[C@H]([C@H](OC)[C@H](O)C(=O)O)[C@H](C=O)OC. The third-order valence-corrected chi connectivity index (χ3v) is 2.16. The van der Waals surface area contributed by atoms with Gasteiger partial charge in [-0.1, -0.05) is 0 Å². The van der Waals surface area contributed by atoms with Crippen LogP contribution in [0.2, 0.25) is 0 Å². The molecule has 94 valence electrons. The van der Waals surface area contributed by atoms with Crippen LogP contribution in [0.4, 0.5) is 0 Å². The predicted octanol–water partition coefficient (Wildman–Crippen LogP) is -1.32. The number of methoxy groups -OCH3 is 3. The molecule has 0 saturated heterocycles. The second-order valence-corrected chi connectivity index (χ2v) is 3.02. The molecule has 7 heteroatoms. The molecule has 0 aliphatic rings. The van der Waals surface area contributed by atoms with E-state index in [1.54, 1.807) is 0 Å². The zero-order valence-electron chi connectivity index (χ0n) is 9.32. The van der Waals surface area contributed by atoms with Crippen molar-refractivity contribution in [1.82, 2.24) is 0 Å². The maximum absolute atomic E-state index is 10.7. The van der Waals surface area contributed by atoms with Gasteiger partial charge in [0.05, 0.1) is 0 Å². The maximum Gasteiger partial charge on any atom is 0.335 e. The first kappa shape index (κ1) is 15.0. The molecular formula is C9H16O7. The number of carboxylic acids is 1. The van der Waals surface area contributed by atoms with Gasteiger partial charge in [0.15, 0.2) is 12.4 Å². The number of ether oxygens (including phenoxy) is 3. The van der Waals surface area contributed by atoms with E-state index in [1.807, 2.05) is 0 Å². The Bertz CT molecular complexity index is 222. The van der Waals surface area contributed by atoms with Crippen LogP contribution >= 0.6 is 0 Å². The van der Waals surface area contributed by atoms with Crippen LogP contribution < -0.4 is 0 Å². The minimum absolute atomic E-state index is 0.453. The quantitative estimate of drug-likeness (QED) is 0.503. The zero-order valence-corrected chi connectivity index (χ0v) is 9.32. The molecule has 7 nitrogen and oxygen atoms in total. The maximum atomic E-state index is 10.7. The van der Waals surface area contributed by atoms with Gasteiger partial charge in [0.2, 0.25) is 0 Å². The lowest BCUT2D eigenvalue weighted by Gasteiger charge is -2.29. The molecule has 0 rings (SSSR count). The van der Waals surface area contributed by atoms with Gasteiger partial charge in [0, 0.05) is 21.3 Å². The summed E-state index contributed by atoms with van der Waals surface area (Å²) in [5, 5.41) is 18.0. The Labute approximate surface area is 92.9 Å². The predicted molar refractivity (Wildman–Crippen MR) is 52.1 cm³/mol. The van der Waals surface area contributed by atoms with Crippen LogP contribution in [0.3, 0.4) is 0 Å². The molecule has 4 atom stereocenters. The Morgan fingerprint density at radius 2 is 1.62 bits per heavy atom. The number of aldehydes is 1. The van der Waals surface area contributed by atoms with Crippen molar-refractivity contribution in [3.8, 4) is 0 Å². The average Bonchev–Trinajstić information content (AvgIpc) is 2.28. The van der Waals surface area contributed by atoms with E-state index in [0.717, 1.165) is 0 Å². The van der Waals surface area contributed by atoms with Crippen LogP contribution in [-0.2, 0) is 23.8 Å². The Hall–Kier alpha value is -1.02.